The lowest BCUT2D eigenvalue weighted by molar-refractivity contribution is -0.179. The van der Waals surface area contributed by atoms with E-state index < -0.39 is 76.6 Å². The number of esters is 1. The van der Waals surface area contributed by atoms with E-state index in [1.165, 1.54) is 36.2 Å². The van der Waals surface area contributed by atoms with Crippen LogP contribution in [0.2, 0.25) is 0 Å². The van der Waals surface area contributed by atoms with Crippen LogP contribution in [0.15, 0.2) is 76.1 Å². The van der Waals surface area contributed by atoms with E-state index in [2.05, 4.69) is 31.4 Å². The molecule has 0 aliphatic carbocycles. The summed E-state index contributed by atoms with van der Waals surface area (Å²) >= 11 is 0.946. The van der Waals surface area contributed by atoms with Crippen molar-refractivity contribution in [1.29, 1.82) is 0 Å². The average Bonchev–Trinajstić information content (AvgIpc) is 3.71. The molecule has 1 fully saturated rings. The standard InChI is InChI=1S/C45H55N7O14S/c1-43(2,3)64-39(56)45(7,8)66-51-36(32-25-67-40(48-32)50-42(58)65-44(4,5)6)38(55)49-35-31(47-37(35)54)20-46-41(57)62-24-28-19-33(53)34(61-22-26-11-15-29(59-9)16-12-26)21-52(28)63-23-27-13-17-30(60-10)18-14-27/h11-19,21,25,31,35H,20,22-24H2,1-10H3,(H,46,57)(H,47,54)(H,49,55)(H,48,50,58). The fourth-order valence-electron chi connectivity index (χ4n) is 5.63. The molecule has 4 amide bonds. The van der Waals surface area contributed by atoms with Crippen molar-refractivity contribution in [1.82, 2.24) is 25.7 Å². The molecular formula is C45H55N7O14S. The molecule has 2 aromatic carbocycles. The molecule has 3 heterocycles. The summed E-state index contributed by atoms with van der Waals surface area (Å²) in [5, 5.41) is 15.6. The number of nitrogens with zero attached hydrogens (tertiary/aromatic N) is 3. The van der Waals surface area contributed by atoms with E-state index in [0.717, 1.165) is 22.5 Å². The molecule has 0 bridgehead atoms. The number of methoxy groups -OCH3 is 2. The minimum Gasteiger partial charge on any atom is -0.497 e. The highest BCUT2D eigenvalue weighted by Crippen LogP contribution is 2.22. The Morgan fingerprint density at radius 1 is 0.821 bits per heavy atom. The third-order valence-electron chi connectivity index (χ3n) is 9.08. The molecule has 4 aromatic rings. The highest BCUT2D eigenvalue weighted by Gasteiger charge is 2.42. The first kappa shape index (κ1) is 50.6. The fourth-order valence-corrected chi connectivity index (χ4v) is 6.31. The lowest BCUT2D eigenvalue weighted by Crippen LogP contribution is -2.72. The van der Waals surface area contributed by atoms with E-state index in [9.17, 15) is 28.8 Å². The summed E-state index contributed by atoms with van der Waals surface area (Å²) in [5.41, 5.74) is -2.64. The van der Waals surface area contributed by atoms with Gasteiger partial charge in [-0.2, -0.15) is 4.73 Å². The number of nitrogens with one attached hydrogen (secondary N) is 4. The van der Waals surface area contributed by atoms with Gasteiger partial charge < -0.3 is 54.0 Å². The molecule has 2 unspecified atom stereocenters. The van der Waals surface area contributed by atoms with E-state index >= 15 is 0 Å². The summed E-state index contributed by atoms with van der Waals surface area (Å²) in [7, 11) is 3.11. The van der Waals surface area contributed by atoms with Crippen LogP contribution in [0.4, 0.5) is 14.7 Å². The van der Waals surface area contributed by atoms with Gasteiger partial charge in [-0.3, -0.25) is 19.7 Å². The lowest BCUT2D eigenvalue weighted by atomic mass is 9.98. The van der Waals surface area contributed by atoms with Crippen molar-refractivity contribution in [2.75, 3.05) is 26.1 Å². The van der Waals surface area contributed by atoms with Crippen molar-refractivity contribution in [2.24, 2.45) is 5.16 Å². The van der Waals surface area contributed by atoms with E-state index in [1.54, 1.807) is 104 Å². The van der Waals surface area contributed by atoms with Gasteiger partial charge in [0.15, 0.2) is 16.6 Å². The molecule has 4 N–H and O–H groups in total. The molecule has 5 rings (SSSR count). The van der Waals surface area contributed by atoms with Crippen molar-refractivity contribution >= 4 is 52.2 Å². The molecule has 0 saturated carbocycles. The number of β-lactam (4-membered cyclic amide) rings is 1. The monoisotopic (exact) mass is 949 g/mol. The average molecular weight is 950 g/mol. The molecule has 0 radical (unpaired) electrons. The third-order valence-corrected chi connectivity index (χ3v) is 9.84. The van der Waals surface area contributed by atoms with Crippen LogP contribution in [0.25, 0.3) is 0 Å². The quantitative estimate of drug-likeness (QED) is 0.0329. The van der Waals surface area contributed by atoms with Crippen LogP contribution >= 0.6 is 11.3 Å². The van der Waals surface area contributed by atoms with E-state index in [1.807, 2.05) is 0 Å². The summed E-state index contributed by atoms with van der Waals surface area (Å²) in [6.07, 6.45) is -0.364. The normalized spacial score (nSPS) is 14.9. The minimum absolute atomic E-state index is 0.0215. The second-order valence-electron chi connectivity index (χ2n) is 17.3. The Morgan fingerprint density at radius 3 is 2.01 bits per heavy atom. The van der Waals surface area contributed by atoms with Crippen molar-refractivity contribution in [3.63, 3.8) is 0 Å². The maximum Gasteiger partial charge on any atom is 0.413 e. The Kier molecular flexibility index (Phi) is 16.4. The van der Waals surface area contributed by atoms with E-state index in [-0.39, 0.29) is 42.0 Å². The number of thiazole rings is 1. The number of carbonyl (C=O) groups excluding carboxylic acids is 5. The second-order valence-corrected chi connectivity index (χ2v) is 18.2. The van der Waals surface area contributed by atoms with E-state index in [0.29, 0.717) is 11.5 Å². The first-order chi connectivity index (χ1) is 31.5. The van der Waals surface area contributed by atoms with Gasteiger partial charge in [0, 0.05) is 18.0 Å². The molecule has 22 heteroatoms. The summed E-state index contributed by atoms with van der Waals surface area (Å²) < 4.78 is 33.7. The topological polar surface area (TPSA) is 255 Å². The van der Waals surface area contributed by atoms with Crippen LogP contribution in [0.5, 0.6) is 17.2 Å². The van der Waals surface area contributed by atoms with Crippen molar-refractivity contribution in [2.45, 2.75) is 104 Å². The molecule has 67 heavy (non-hydrogen) atoms. The van der Waals surface area contributed by atoms with Gasteiger partial charge in [0.1, 0.15) is 54.3 Å². The smallest absolute Gasteiger partial charge is 0.413 e. The van der Waals surface area contributed by atoms with Gasteiger partial charge in [0.25, 0.3) is 5.91 Å². The van der Waals surface area contributed by atoms with Gasteiger partial charge in [0.2, 0.25) is 16.9 Å². The maximum absolute atomic E-state index is 13.8. The summed E-state index contributed by atoms with van der Waals surface area (Å²) in [6, 6.07) is 13.5. The van der Waals surface area contributed by atoms with Gasteiger partial charge in [-0.25, -0.2) is 19.4 Å². The van der Waals surface area contributed by atoms with Gasteiger partial charge in [-0.15, -0.1) is 11.3 Å². The van der Waals surface area contributed by atoms with Crippen LogP contribution in [0.3, 0.4) is 0 Å². The highest BCUT2D eigenvalue weighted by molar-refractivity contribution is 7.14. The number of pyridine rings is 1. The zero-order valence-corrected chi connectivity index (χ0v) is 39.6. The van der Waals surface area contributed by atoms with Crippen LogP contribution < -0.4 is 45.7 Å². The highest BCUT2D eigenvalue weighted by atomic mass is 32.1. The Labute approximate surface area is 390 Å². The summed E-state index contributed by atoms with van der Waals surface area (Å²) in [6.45, 7) is 12.4. The van der Waals surface area contributed by atoms with Crippen molar-refractivity contribution < 1.29 is 62.1 Å². The van der Waals surface area contributed by atoms with Gasteiger partial charge in [-0.1, -0.05) is 29.4 Å². The van der Waals surface area contributed by atoms with Gasteiger partial charge in [0.05, 0.1) is 32.2 Å². The number of rotatable bonds is 19. The number of amides is 4. The number of hydrogen-bond donors (Lipinski definition) is 4. The Balaban J connectivity index is 1.25. The number of anilines is 1. The molecular weight excluding hydrogens is 895 g/mol. The van der Waals surface area contributed by atoms with Crippen LogP contribution in [-0.4, -0.2) is 95.0 Å². The predicted octanol–water partition coefficient (Wildman–Crippen LogP) is 4.63. The molecule has 2 atom stereocenters. The molecule has 1 aliphatic heterocycles. The SMILES string of the molecule is COc1ccc(COc2cn(OCc3ccc(OC)cc3)c(COC(=O)NCC3NC(=O)C3NC(=O)C(=NOC(C)(C)C(=O)OC(C)(C)C)c3csc(NC(=O)OC(C)(C)C)n3)cc2=O)cc1. The number of oxime groups is 1. The first-order valence-electron chi connectivity index (χ1n) is 20.8. The second kappa shape index (κ2) is 21.8. The molecule has 360 valence electrons. The summed E-state index contributed by atoms with van der Waals surface area (Å²) in [5.74, 6) is -1.00. The lowest BCUT2D eigenvalue weighted by Gasteiger charge is -2.37. The minimum atomic E-state index is -1.68. The number of aromatic nitrogens is 2. The molecule has 1 aliphatic rings. The van der Waals surface area contributed by atoms with Crippen LogP contribution in [0.1, 0.15) is 77.9 Å². The molecule has 0 spiro atoms. The Hall–Kier alpha value is -7.36. The molecule has 1 saturated heterocycles. The Bertz CT molecular complexity index is 2490. The van der Waals surface area contributed by atoms with Crippen LogP contribution in [-0.2, 0) is 53.3 Å². The Morgan fingerprint density at radius 2 is 1.43 bits per heavy atom. The fraction of sp³-hybridized carbons (Fsp3) is 0.422. The first-order valence-corrected chi connectivity index (χ1v) is 21.7. The van der Waals surface area contributed by atoms with Crippen molar-refractivity contribution in [3.8, 4) is 17.2 Å². The van der Waals surface area contributed by atoms with Crippen molar-refractivity contribution in [3.05, 3.63) is 98.9 Å². The number of benzene rings is 2. The zero-order valence-electron chi connectivity index (χ0n) is 38.8. The maximum atomic E-state index is 13.8. The molecule has 21 nitrogen and oxygen atoms in total. The van der Waals surface area contributed by atoms with Gasteiger partial charge >= 0.3 is 18.2 Å². The molecule has 2 aromatic heterocycles. The van der Waals surface area contributed by atoms with Gasteiger partial charge in [-0.05, 0) is 90.8 Å². The number of hydrogen-bond acceptors (Lipinski definition) is 17. The van der Waals surface area contributed by atoms with Crippen LogP contribution in [0, 0.1) is 0 Å². The third kappa shape index (κ3) is 15.1. The predicted molar refractivity (Wildman–Crippen MR) is 243 cm³/mol. The largest absolute Gasteiger partial charge is 0.497 e. The number of carbonyl (C=O) groups is 5. The summed E-state index contributed by atoms with van der Waals surface area (Å²) in [4.78, 5) is 94.0. The van der Waals surface area contributed by atoms with E-state index in [4.69, 9.17) is 38.1 Å². The zero-order chi connectivity index (χ0) is 49.1. The number of ether oxygens (including phenoxy) is 6. The number of alkyl carbamates (subject to hydrolysis) is 1.